The maximum Gasteiger partial charge on any atom is 0.0913 e. The lowest BCUT2D eigenvalue weighted by molar-refractivity contribution is 0.306. The molecule has 1 heterocycles. The van der Waals surface area contributed by atoms with Gasteiger partial charge in [-0.2, -0.15) is 0 Å². The molecule has 19 heavy (non-hydrogen) atoms. The van der Waals surface area contributed by atoms with E-state index in [2.05, 4.69) is 28.8 Å². The normalized spacial score (nSPS) is 16.1. The number of hydrogen-bond donors (Lipinski definition) is 2. The van der Waals surface area contributed by atoms with Gasteiger partial charge in [0.2, 0.25) is 0 Å². The Balaban J connectivity index is 1.98. The minimum absolute atomic E-state index is 0.497. The third-order valence-electron chi connectivity index (χ3n) is 3.10. The zero-order valence-corrected chi connectivity index (χ0v) is 12.9. The van der Waals surface area contributed by atoms with Crippen LogP contribution in [0.4, 0.5) is 5.69 Å². The average Bonchev–Trinajstić information content (AvgIpc) is 2.38. The Kier molecular flexibility index (Phi) is 5.22. The van der Waals surface area contributed by atoms with Gasteiger partial charge >= 0.3 is 0 Å². The second-order valence-electron chi connectivity index (χ2n) is 4.37. The van der Waals surface area contributed by atoms with Crippen molar-refractivity contribution in [1.29, 1.82) is 0 Å². The van der Waals surface area contributed by atoms with Gasteiger partial charge in [-0.15, -0.1) is 0 Å². The van der Waals surface area contributed by atoms with Crippen LogP contribution in [-0.4, -0.2) is 24.5 Å². The van der Waals surface area contributed by atoms with Crippen LogP contribution >= 0.6 is 34.8 Å². The van der Waals surface area contributed by atoms with Gasteiger partial charge in [-0.3, -0.25) is 10.3 Å². The Morgan fingerprint density at radius 3 is 2.37 bits per heavy atom. The van der Waals surface area contributed by atoms with E-state index >= 15 is 0 Å². The number of hydrogen-bond acceptors (Lipinski definition) is 3. The molecule has 1 aromatic rings. The Hall–Kier alpha value is -0.610. The number of hydrazine groups is 1. The number of halogens is 3. The molecule has 0 saturated carbocycles. The highest BCUT2D eigenvalue weighted by Gasteiger charge is 2.11. The van der Waals surface area contributed by atoms with E-state index in [4.69, 9.17) is 34.8 Å². The summed E-state index contributed by atoms with van der Waals surface area (Å²) in [7, 11) is 0. The first-order valence-corrected chi connectivity index (χ1v) is 7.31. The summed E-state index contributed by atoms with van der Waals surface area (Å²) < 4.78 is 0. The van der Waals surface area contributed by atoms with Gasteiger partial charge in [-0.05, 0) is 24.8 Å². The van der Waals surface area contributed by atoms with Gasteiger partial charge in [-0.1, -0.05) is 41.7 Å². The summed E-state index contributed by atoms with van der Waals surface area (Å²) in [6.45, 7) is 5.26. The Morgan fingerprint density at radius 2 is 1.84 bits per heavy atom. The molecule has 0 saturated heterocycles. The van der Waals surface area contributed by atoms with Gasteiger partial charge < -0.3 is 5.43 Å². The van der Waals surface area contributed by atoms with Crippen LogP contribution < -0.4 is 10.9 Å². The molecule has 104 valence electrons. The highest BCUT2D eigenvalue weighted by atomic mass is 35.5. The lowest BCUT2D eigenvalue weighted by Gasteiger charge is -2.26. The molecule has 0 unspecified atom stereocenters. The Labute approximate surface area is 128 Å². The van der Waals surface area contributed by atoms with E-state index in [1.807, 2.05) is 0 Å². The molecule has 1 aliphatic rings. The van der Waals surface area contributed by atoms with Crippen LogP contribution in [0.1, 0.15) is 13.3 Å². The van der Waals surface area contributed by atoms with Gasteiger partial charge in [0.1, 0.15) is 0 Å². The first-order chi connectivity index (χ1) is 9.10. The van der Waals surface area contributed by atoms with Crippen LogP contribution in [0.5, 0.6) is 0 Å². The Bertz CT molecular complexity index is 465. The van der Waals surface area contributed by atoms with Crippen LogP contribution in [0.2, 0.25) is 15.1 Å². The molecule has 6 heteroatoms. The Morgan fingerprint density at radius 1 is 1.16 bits per heavy atom. The maximum atomic E-state index is 6.10. The topological polar surface area (TPSA) is 27.3 Å². The van der Waals surface area contributed by atoms with Crippen molar-refractivity contribution >= 4 is 40.5 Å². The SMILES string of the molecule is CCN1CC=C(NNc2c(Cl)cc(Cl)cc2Cl)CC1. The van der Waals surface area contributed by atoms with Gasteiger partial charge in [-0.25, -0.2) is 0 Å². The fourth-order valence-corrected chi connectivity index (χ4v) is 2.83. The quantitative estimate of drug-likeness (QED) is 0.815. The maximum absolute atomic E-state index is 6.10. The van der Waals surface area contributed by atoms with Crippen LogP contribution in [0, 0.1) is 0 Å². The van der Waals surface area contributed by atoms with Crippen molar-refractivity contribution in [3.8, 4) is 0 Å². The molecular formula is C13H16Cl3N3. The van der Waals surface area contributed by atoms with Gasteiger partial charge in [0.15, 0.2) is 0 Å². The van der Waals surface area contributed by atoms with E-state index in [-0.39, 0.29) is 0 Å². The highest BCUT2D eigenvalue weighted by Crippen LogP contribution is 2.33. The number of likely N-dealkylation sites (N-methyl/N-ethyl adjacent to an activating group) is 1. The van der Waals surface area contributed by atoms with Crippen molar-refractivity contribution in [3.05, 3.63) is 39.0 Å². The summed E-state index contributed by atoms with van der Waals surface area (Å²) in [6.07, 6.45) is 3.14. The molecule has 1 aromatic carbocycles. The summed E-state index contributed by atoms with van der Waals surface area (Å²) in [5.74, 6) is 0. The molecule has 0 radical (unpaired) electrons. The number of nitrogens with zero attached hydrogens (tertiary/aromatic N) is 1. The number of benzene rings is 1. The first-order valence-electron chi connectivity index (χ1n) is 6.18. The number of rotatable bonds is 4. The molecule has 0 aromatic heterocycles. The third-order valence-corrected chi connectivity index (χ3v) is 3.91. The molecule has 2 rings (SSSR count). The van der Waals surface area contributed by atoms with E-state index < -0.39 is 0 Å². The van der Waals surface area contributed by atoms with Crippen LogP contribution in [0.25, 0.3) is 0 Å². The third kappa shape index (κ3) is 3.93. The number of anilines is 1. The minimum atomic E-state index is 0.497. The molecule has 0 fully saturated rings. The van der Waals surface area contributed by atoms with E-state index in [1.54, 1.807) is 12.1 Å². The fraction of sp³-hybridized carbons (Fsp3) is 0.385. The van der Waals surface area contributed by atoms with Crippen LogP contribution in [0.15, 0.2) is 23.9 Å². The van der Waals surface area contributed by atoms with Crippen LogP contribution in [0.3, 0.4) is 0 Å². The van der Waals surface area contributed by atoms with Gasteiger partial charge in [0.05, 0.1) is 15.7 Å². The lowest BCUT2D eigenvalue weighted by Crippen LogP contribution is -2.33. The molecular weight excluding hydrogens is 305 g/mol. The van der Waals surface area contributed by atoms with Crippen molar-refractivity contribution in [2.75, 3.05) is 25.1 Å². The molecule has 0 amide bonds. The zero-order valence-electron chi connectivity index (χ0n) is 10.6. The molecule has 0 aliphatic carbocycles. The van der Waals surface area contributed by atoms with Gasteiger partial charge in [0, 0.05) is 30.2 Å². The van der Waals surface area contributed by atoms with E-state index in [1.165, 1.54) is 0 Å². The monoisotopic (exact) mass is 319 g/mol. The smallest absolute Gasteiger partial charge is 0.0913 e. The lowest BCUT2D eigenvalue weighted by atomic mass is 10.2. The molecule has 3 nitrogen and oxygen atoms in total. The highest BCUT2D eigenvalue weighted by molar-refractivity contribution is 6.41. The predicted octanol–water partition coefficient (Wildman–Crippen LogP) is 4.17. The summed E-state index contributed by atoms with van der Waals surface area (Å²) >= 11 is 18.1. The molecule has 0 bridgehead atoms. The van der Waals surface area contributed by atoms with Gasteiger partial charge in [0.25, 0.3) is 0 Å². The second-order valence-corrected chi connectivity index (χ2v) is 5.62. The standard InChI is InChI=1S/C13H16Cl3N3/c1-2-19-5-3-10(4-6-19)17-18-13-11(15)7-9(14)8-12(13)16/h3,7-8,17-18H,2,4-6H2,1H3. The van der Waals surface area contributed by atoms with Crippen molar-refractivity contribution in [3.63, 3.8) is 0 Å². The number of nitrogens with one attached hydrogen (secondary N) is 2. The molecule has 1 aliphatic heterocycles. The summed E-state index contributed by atoms with van der Waals surface area (Å²) in [6, 6.07) is 3.32. The van der Waals surface area contributed by atoms with E-state index in [9.17, 15) is 0 Å². The summed E-state index contributed by atoms with van der Waals surface area (Å²) in [4.78, 5) is 2.37. The molecule has 2 N–H and O–H groups in total. The van der Waals surface area contributed by atoms with E-state index in [0.29, 0.717) is 20.8 Å². The largest absolute Gasteiger partial charge is 0.305 e. The summed E-state index contributed by atoms with van der Waals surface area (Å²) in [5, 5.41) is 1.52. The van der Waals surface area contributed by atoms with Crippen molar-refractivity contribution in [1.82, 2.24) is 10.3 Å². The van der Waals surface area contributed by atoms with Crippen molar-refractivity contribution in [2.24, 2.45) is 0 Å². The zero-order chi connectivity index (χ0) is 13.8. The average molecular weight is 321 g/mol. The predicted molar refractivity (Wildman–Crippen MR) is 83.0 cm³/mol. The van der Waals surface area contributed by atoms with Crippen molar-refractivity contribution < 1.29 is 0 Å². The van der Waals surface area contributed by atoms with Crippen molar-refractivity contribution in [2.45, 2.75) is 13.3 Å². The second kappa shape index (κ2) is 6.71. The fourth-order valence-electron chi connectivity index (χ4n) is 1.92. The van der Waals surface area contributed by atoms with E-state index in [0.717, 1.165) is 31.8 Å². The first kappa shape index (κ1) is 14.8. The van der Waals surface area contributed by atoms with Crippen LogP contribution in [-0.2, 0) is 0 Å². The minimum Gasteiger partial charge on any atom is -0.305 e. The molecule has 0 spiro atoms. The summed E-state index contributed by atoms with van der Waals surface area (Å²) in [5.41, 5.74) is 8.00. The molecule has 0 atom stereocenters.